The van der Waals surface area contributed by atoms with Crippen LogP contribution >= 0.6 is 0 Å². The Balaban J connectivity index is 3.21. The average Bonchev–Trinajstić information content (AvgIpc) is 2.43. The van der Waals surface area contributed by atoms with Crippen molar-refractivity contribution in [1.29, 1.82) is 0 Å². The molecule has 0 unspecified atom stereocenters. The van der Waals surface area contributed by atoms with Crippen molar-refractivity contribution in [2.45, 2.75) is 46.1 Å². The van der Waals surface area contributed by atoms with E-state index in [2.05, 4.69) is 24.1 Å². The number of rotatable bonds is 7. The molecule has 0 amide bonds. The summed E-state index contributed by atoms with van der Waals surface area (Å²) in [4.78, 5) is 17.1. The molecule has 20 heavy (non-hydrogen) atoms. The van der Waals surface area contributed by atoms with Crippen molar-refractivity contribution in [2.24, 2.45) is 0 Å². The summed E-state index contributed by atoms with van der Waals surface area (Å²) < 4.78 is 0. The zero-order chi connectivity index (χ0) is 15.3. The molecule has 1 aromatic heterocycles. The first-order valence-electron chi connectivity index (χ1n) is 6.96. The highest BCUT2D eigenvalue weighted by Gasteiger charge is 2.28. The van der Waals surface area contributed by atoms with Crippen LogP contribution in [0.15, 0.2) is 12.1 Å². The van der Waals surface area contributed by atoms with Crippen molar-refractivity contribution in [2.75, 3.05) is 23.8 Å². The minimum Gasteiger partial charge on any atom is -0.370 e. The lowest BCUT2D eigenvalue weighted by Gasteiger charge is -2.35. The van der Waals surface area contributed by atoms with Crippen molar-refractivity contribution in [3.8, 4) is 0 Å². The predicted molar refractivity (Wildman–Crippen MR) is 82.4 cm³/mol. The molecule has 1 rings (SSSR count). The third-order valence-corrected chi connectivity index (χ3v) is 3.70. The van der Waals surface area contributed by atoms with E-state index in [4.69, 9.17) is 0 Å². The Bertz CT molecular complexity index is 474. The maximum Gasteiger partial charge on any atom is 0.311 e. The lowest BCUT2D eigenvalue weighted by atomic mass is 10.00. The van der Waals surface area contributed by atoms with E-state index in [1.165, 1.54) is 6.07 Å². The van der Waals surface area contributed by atoms with E-state index in [1.807, 2.05) is 25.8 Å². The third-order valence-electron chi connectivity index (χ3n) is 3.70. The highest BCUT2D eigenvalue weighted by molar-refractivity contribution is 5.62. The largest absolute Gasteiger partial charge is 0.370 e. The number of aromatic nitrogens is 1. The van der Waals surface area contributed by atoms with Gasteiger partial charge in [-0.25, -0.2) is 4.98 Å². The Morgan fingerprint density at radius 2 is 2.05 bits per heavy atom. The molecule has 0 saturated carbocycles. The van der Waals surface area contributed by atoms with Crippen molar-refractivity contribution in [1.82, 2.24) is 4.98 Å². The van der Waals surface area contributed by atoms with Crippen LogP contribution in [-0.2, 0) is 0 Å². The highest BCUT2D eigenvalue weighted by Crippen LogP contribution is 2.32. The number of pyridine rings is 1. The van der Waals surface area contributed by atoms with Gasteiger partial charge in [-0.3, -0.25) is 10.1 Å². The number of hydrogen-bond donors (Lipinski definition) is 1. The fraction of sp³-hybridized carbons (Fsp3) is 0.643. The summed E-state index contributed by atoms with van der Waals surface area (Å²) in [5, 5.41) is 14.4. The Kier molecular flexibility index (Phi) is 5.30. The van der Waals surface area contributed by atoms with Gasteiger partial charge in [0.1, 0.15) is 5.82 Å². The molecular formula is C14H24N4O2. The first-order chi connectivity index (χ1) is 9.33. The number of nitro groups is 1. The molecule has 6 nitrogen and oxygen atoms in total. The molecule has 0 spiro atoms. The van der Waals surface area contributed by atoms with Crippen LogP contribution in [0.25, 0.3) is 0 Å². The first kappa shape index (κ1) is 16.2. The Labute approximate surface area is 120 Å². The third kappa shape index (κ3) is 3.59. The molecule has 0 aliphatic heterocycles. The maximum absolute atomic E-state index is 11.2. The second-order valence-electron chi connectivity index (χ2n) is 5.45. The fourth-order valence-electron chi connectivity index (χ4n) is 1.71. The maximum atomic E-state index is 11.2. The predicted octanol–water partition coefficient (Wildman–Crippen LogP) is 3.44. The van der Waals surface area contributed by atoms with Crippen molar-refractivity contribution < 1.29 is 4.92 Å². The minimum atomic E-state index is -0.381. The zero-order valence-electron chi connectivity index (χ0n) is 12.9. The zero-order valence-corrected chi connectivity index (χ0v) is 12.9. The molecule has 0 bridgehead atoms. The Morgan fingerprint density at radius 1 is 1.40 bits per heavy atom. The van der Waals surface area contributed by atoms with Crippen LogP contribution in [0.4, 0.5) is 17.3 Å². The smallest absolute Gasteiger partial charge is 0.311 e. The second kappa shape index (κ2) is 6.54. The molecule has 0 fully saturated rings. The van der Waals surface area contributed by atoms with E-state index in [0.29, 0.717) is 11.6 Å². The van der Waals surface area contributed by atoms with Gasteiger partial charge in [0.15, 0.2) is 0 Å². The summed E-state index contributed by atoms with van der Waals surface area (Å²) in [6.45, 7) is 9.01. The lowest BCUT2D eigenvalue weighted by molar-refractivity contribution is -0.384. The normalized spacial score (nSPS) is 11.2. The van der Waals surface area contributed by atoms with E-state index in [-0.39, 0.29) is 16.1 Å². The number of nitrogens with zero attached hydrogens (tertiary/aromatic N) is 3. The standard InChI is InChI=1S/C14H24N4O2/c1-6-10-15-12-9-8-11(18(19)20)13(16-12)17(5)14(3,4)7-2/h8-9H,6-7,10H2,1-5H3,(H,15,16). The summed E-state index contributed by atoms with van der Waals surface area (Å²) in [5.41, 5.74) is -0.155. The van der Waals surface area contributed by atoms with E-state index < -0.39 is 0 Å². The molecule has 0 radical (unpaired) electrons. The van der Waals surface area contributed by atoms with Gasteiger partial charge in [-0.1, -0.05) is 13.8 Å². The Morgan fingerprint density at radius 3 is 2.55 bits per heavy atom. The molecule has 6 heteroatoms. The van der Waals surface area contributed by atoms with E-state index in [0.717, 1.165) is 19.4 Å². The fourth-order valence-corrected chi connectivity index (χ4v) is 1.71. The van der Waals surface area contributed by atoms with Gasteiger partial charge in [0, 0.05) is 25.2 Å². The molecular weight excluding hydrogens is 256 g/mol. The van der Waals surface area contributed by atoms with Crippen LogP contribution in [0.5, 0.6) is 0 Å². The van der Waals surface area contributed by atoms with Crippen LogP contribution in [0, 0.1) is 10.1 Å². The summed E-state index contributed by atoms with van der Waals surface area (Å²) >= 11 is 0. The number of anilines is 2. The second-order valence-corrected chi connectivity index (χ2v) is 5.45. The number of hydrogen-bond acceptors (Lipinski definition) is 5. The van der Waals surface area contributed by atoms with Gasteiger partial charge in [-0.05, 0) is 32.8 Å². The topological polar surface area (TPSA) is 71.3 Å². The summed E-state index contributed by atoms with van der Waals surface area (Å²) in [6, 6.07) is 3.17. The van der Waals surface area contributed by atoms with Crippen molar-refractivity contribution in [3.05, 3.63) is 22.2 Å². The molecule has 1 heterocycles. The molecule has 112 valence electrons. The molecule has 0 saturated heterocycles. The van der Waals surface area contributed by atoms with Gasteiger partial charge in [0.25, 0.3) is 0 Å². The van der Waals surface area contributed by atoms with E-state index in [1.54, 1.807) is 6.07 Å². The van der Waals surface area contributed by atoms with E-state index >= 15 is 0 Å². The molecule has 1 aromatic rings. The van der Waals surface area contributed by atoms with Gasteiger partial charge >= 0.3 is 5.69 Å². The highest BCUT2D eigenvalue weighted by atomic mass is 16.6. The minimum absolute atomic E-state index is 0.0380. The number of nitrogens with one attached hydrogen (secondary N) is 1. The molecule has 0 aliphatic rings. The molecule has 0 aliphatic carbocycles. The SMILES string of the molecule is CCCNc1ccc([N+](=O)[O-])c(N(C)C(C)(C)CC)n1. The monoisotopic (exact) mass is 280 g/mol. The Hall–Kier alpha value is -1.85. The van der Waals surface area contributed by atoms with Crippen LogP contribution in [0.3, 0.4) is 0 Å². The van der Waals surface area contributed by atoms with Gasteiger partial charge < -0.3 is 10.2 Å². The van der Waals surface area contributed by atoms with Crippen LogP contribution in [0.2, 0.25) is 0 Å². The van der Waals surface area contributed by atoms with Crippen LogP contribution in [-0.4, -0.2) is 29.0 Å². The lowest BCUT2D eigenvalue weighted by Crippen LogP contribution is -2.41. The van der Waals surface area contributed by atoms with Gasteiger partial charge in [0.2, 0.25) is 5.82 Å². The van der Waals surface area contributed by atoms with E-state index in [9.17, 15) is 10.1 Å². The van der Waals surface area contributed by atoms with Gasteiger partial charge in [0.05, 0.1) is 4.92 Å². The van der Waals surface area contributed by atoms with Gasteiger partial charge in [-0.2, -0.15) is 0 Å². The quantitative estimate of drug-likeness (QED) is 0.612. The van der Waals surface area contributed by atoms with Crippen LogP contribution in [0.1, 0.15) is 40.5 Å². The first-order valence-corrected chi connectivity index (χ1v) is 6.96. The summed E-state index contributed by atoms with van der Waals surface area (Å²) in [6.07, 6.45) is 1.85. The molecule has 0 atom stereocenters. The van der Waals surface area contributed by atoms with Crippen molar-refractivity contribution >= 4 is 17.3 Å². The molecule has 0 aromatic carbocycles. The van der Waals surface area contributed by atoms with Crippen molar-refractivity contribution in [3.63, 3.8) is 0 Å². The summed E-state index contributed by atoms with van der Waals surface area (Å²) in [5.74, 6) is 1.08. The average molecular weight is 280 g/mol. The van der Waals surface area contributed by atoms with Crippen LogP contribution < -0.4 is 10.2 Å². The summed E-state index contributed by atoms with van der Waals surface area (Å²) in [7, 11) is 1.85. The molecule has 1 N–H and O–H groups in total. The van der Waals surface area contributed by atoms with Gasteiger partial charge in [-0.15, -0.1) is 0 Å².